The number of methoxy groups -OCH3 is 1. The van der Waals surface area contributed by atoms with Gasteiger partial charge in [-0.25, -0.2) is 0 Å². The third-order valence-electron chi connectivity index (χ3n) is 2.45. The van der Waals surface area contributed by atoms with Gasteiger partial charge < -0.3 is 9.47 Å². The van der Waals surface area contributed by atoms with Crippen molar-refractivity contribution in [3.05, 3.63) is 47.5 Å². The van der Waals surface area contributed by atoms with Crippen molar-refractivity contribution >= 4 is 0 Å². The molecule has 0 aliphatic heterocycles. The Labute approximate surface area is 97.9 Å². The Kier molecular flexibility index (Phi) is 5.83. The number of rotatable bonds is 6. The van der Waals surface area contributed by atoms with Gasteiger partial charge in [-0.15, -0.1) is 0 Å². The highest BCUT2D eigenvalue weighted by Crippen LogP contribution is 2.21. The van der Waals surface area contributed by atoms with Gasteiger partial charge in [-0.1, -0.05) is 36.4 Å². The second-order valence-electron chi connectivity index (χ2n) is 3.65. The molecule has 0 aliphatic rings. The van der Waals surface area contributed by atoms with Crippen LogP contribution >= 0.6 is 0 Å². The maximum absolute atomic E-state index is 5.69. The van der Waals surface area contributed by atoms with E-state index < -0.39 is 0 Å². The zero-order valence-corrected chi connectivity index (χ0v) is 10.3. The van der Waals surface area contributed by atoms with Gasteiger partial charge >= 0.3 is 0 Å². The minimum atomic E-state index is -0.258. The largest absolute Gasteiger partial charge is 0.352 e. The van der Waals surface area contributed by atoms with Gasteiger partial charge in [0.1, 0.15) is 0 Å². The molecule has 0 N–H and O–H groups in total. The first-order valence-corrected chi connectivity index (χ1v) is 5.60. The van der Waals surface area contributed by atoms with E-state index >= 15 is 0 Å². The molecule has 0 fully saturated rings. The Morgan fingerprint density at radius 2 is 2.06 bits per heavy atom. The summed E-state index contributed by atoms with van der Waals surface area (Å²) in [5.74, 6) is 0. The molecule has 0 heterocycles. The zero-order chi connectivity index (χ0) is 11.8. The van der Waals surface area contributed by atoms with E-state index in [1.54, 1.807) is 7.11 Å². The number of hydrogen-bond acceptors (Lipinski definition) is 2. The summed E-state index contributed by atoms with van der Waals surface area (Å²) in [7, 11) is 1.67. The van der Waals surface area contributed by atoms with Crippen molar-refractivity contribution in [1.29, 1.82) is 0 Å². The highest BCUT2D eigenvalue weighted by molar-refractivity contribution is 5.26. The minimum Gasteiger partial charge on any atom is -0.352 e. The van der Waals surface area contributed by atoms with Crippen molar-refractivity contribution in [3.63, 3.8) is 0 Å². The Bertz CT molecular complexity index is 331. The van der Waals surface area contributed by atoms with E-state index in [2.05, 4.69) is 19.1 Å². The second-order valence-corrected chi connectivity index (χ2v) is 3.65. The lowest BCUT2D eigenvalue weighted by molar-refractivity contribution is -0.126. The Hall–Kier alpha value is -1.12. The van der Waals surface area contributed by atoms with Gasteiger partial charge in [0.25, 0.3) is 0 Å². The number of aryl methyl sites for hydroxylation is 1. The van der Waals surface area contributed by atoms with Gasteiger partial charge in [-0.2, -0.15) is 0 Å². The summed E-state index contributed by atoms with van der Waals surface area (Å²) < 4.78 is 11.0. The highest BCUT2D eigenvalue weighted by Gasteiger charge is 2.11. The first kappa shape index (κ1) is 12.9. The highest BCUT2D eigenvalue weighted by atomic mass is 16.7. The molecule has 0 saturated carbocycles. The standard InChI is InChI=1S/C14H20O2/c1-4-5-8-11-16-14(15-3)13-10-7-6-9-12(13)2/h4-7,9-10,14H,8,11H2,1-3H3/b5-4+/t14-/m1/s1. The molecule has 0 unspecified atom stereocenters. The van der Waals surface area contributed by atoms with Crippen LogP contribution in [0, 0.1) is 6.92 Å². The average molecular weight is 220 g/mol. The fraction of sp³-hybridized carbons (Fsp3) is 0.429. The number of allylic oxidation sites excluding steroid dienone is 1. The lowest BCUT2D eigenvalue weighted by Crippen LogP contribution is -2.08. The van der Waals surface area contributed by atoms with E-state index in [0.29, 0.717) is 6.61 Å². The van der Waals surface area contributed by atoms with Crippen LogP contribution < -0.4 is 0 Å². The third kappa shape index (κ3) is 3.80. The van der Waals surface area contributed by atoms with Crippen LogP contribution in [0.3, 0.4) is 0 Å². The molecule has 88 valence electrons. The maximum atomic E-state index is 5.69. The molecule has 0 spiro atoms. The van der Waals surface area contributed by atoms with E-state index in [0.717, 1.165) is 12.0 Å². The van der Waals surface area contributed by atoms with E-state index in [1.807, 2.05) is 31.2 Å². The van der Waals surface area contributed by atoms with Gasteiger partial charge in [-0.05, 0) is 25.8 Å². The molecular weight excluding hydrogens is 200 g/mol. The number of hydrogen-bond donors (Lipinski definition) is 0. The fourth-order valence-electron chi connectivity index (χ4n) is 1.55. The molecule has 0 radical (unpaired) electrons. The topological polar surface area (TPSA) is 18.5 Å². The van der Waals surface area contributed by atoms with Crippen LogP contribution in [0.1, 0.15) is 30.8 Å². The van der Waals surface area contributed by atoms with Crippen LogP contribution in [0.5, 0.6) is 0 Å². The van der Waals surface area contributed by atoms with Crippen LogP contribution in [0.25, 0.3) is 0 Å². The molecule has 2 nitrogen and oxygen atoms in total. The maximum Gasteiger partial charge on any atom is 0.183 e. The molecular formula is C14H20O2. The summed E-state index contributed by atoms with van der Waals surface area (Å²) in [6.07, 6.45) is 4.78. The zero-order valence-electron chi connectivity index (χ0n) is 10.3. The summed E-state index contributed by atoms with van der Waals surface area (Å²) in [5, 5.41) is 0. The lowest BCUT2D eigenvalue weighted by atomic mass is 10.1. The first-order valence-electron chi connectivity index (χ1n) is 5.60. The Morgan fingerprint density at radius 3 is 2.69 bits per heavy atom. The monoisotopic (exact) mass is 220 g/mol. The summed E-state index contributed by atoms with van der Waals surface area (Å²) in [4.78, 5) is 0. The number of ether oxygens (including phenoxy) is 2. The third-order valence-corrected chi connectivity index (χ3v) is 2.45. The molecule has 1 aromatic carbocycles. The molecule has 0 aliphatic carbocycles. The second kappa shape index (κ2) is 7.20. The smallest absolute Gasteiger partial charge is 0.183 e. The van der Waals surface area contributed by atoms with Crippen molar-refractivity contribution in [2.24, 2.45) is 0 Å². The van der Waals surface area contributed by atoms with Crippen molar-refractivity contribution in [3.8, 4) is 0 Å². The van der Waals surface area contributed by atoms with Gasteiger partial charge in [-0.3, -0.25) is 0 Å². The van der Waals surface area contributed by atoms with Crippen molar-refractivity contribution in [1.82, 2.24) is 0 Å². The molecule has 0 bridgehead atoms. The van der Waals surface area contributed by atoms with Crippen molar-refractivity contribution < 1.29 is 9.47 Å². The van der Waals surface area contributed by atoms with E-state index in [-0.39, 0.29) is 6.29 Å². The molecule has 1 rings (SSSR count). The lowest BCUT2D eigenvalue weighted by Gasteiger charge is -2.18. The summed E-state index contributed by atoms with van der Waals surface area (Å²) in [6.45, 7) is 4.75. The predicted octanol–water partition coefficient (Wildman–Crippen LogP) is 3.62. The van der Waals surface area contributed by atoms with Crippen LogP contribution in [0.15, 0.2) is 36.4 Å². The molecule has 2 heteroatoms. The van der Waals surface area contributed by atoms with E-state index in [1.165, 1.54) is 5.56 Å². The van der Waals surface area contributed by atoms with Gasteiger partial charge in [0.05, 0.1) is 6.61 Å². The normalized spacial score (nSPS) is 13.2. The number of benzene rings is 1. The minimum absolute atomic E-state index is 0.258. The molecule has 0 amide bonds. The van der Waals surface area contributed by atoms with Crippen molar-refractivity contribution in [2.75, 3.05) is 13.7 Å². The van der Waals surface area contributed by atoms with Gasteiger partial charge in [0.15, 0.2) is 6.29 Å². The quantitative estimate of drug-likeness (QED) is 0.414. The molecule has 0 aromatic heterocycles. The molecule has 16 heavy (non-hydrogen) atoms. The van der Waals surface area contributed by atoms with Crippen LogP contribution in [-0.2, 0) is 9.47 Å². The Morgan fingerprint density at radius 1 is 1.31 bits per heavy atom. The van der Waals surface area contributed by atoms with Gasteiger partial charge in [0, 0.05) is 12.7 Å². The Balaban J connectivity index is 2.57. The van der Waals surface area contributed by atoms with E-state index in [4.69, 9.17) is 9.47 Å². The molecule has 0 saturated heterocycles. The molecule has 1 aromatic rings. The van der Waals surface area contributed by atoms with Crippen LogP contribution in [0.4, 0.5) is 0 Å². The van der Waals surface area contributed by atoms with Crippen molar-refractivity contribution in [2.45, 2.75) is 26.6 Å². The fourth-order valence-corrected chi connectivity index (χ4v) is 1.55. The SMILES string of the molecule is C/C=C/CCO[C@@H](OC)c1ccccc1C. The summed E-state index contributed by atoms with van der Waals surface area (Å²) in [6, 6.07) is 8.13. The van der Waals surface area contributed by atoms with E-state index in [9.17, 15) is 0 Å². The van der Waals surface area contributed by atoms with Gasteiger partial charge in [0.2, 0.25) is 0 Å². The average Bonchev–Trinajstić information content (AvgIpc) is 2.31. The first-order chi connectivity index (χ1) is 7.79. The summed E-state index contributed by atoms with van der Waals surface area (Å²) in [5.41, 5.74) is 2.30. The van der Waals surface area contributed by atoms with Crippen LogP contribution in [-0.4, -0.2) is 13.7 Å². The predicted molar refractivity (Wildman–Crippen MR) is 66.3 cm³/mol. The molecule has 1 atom stereocenters. The van der Waals surface area contributed by atoms with Crippen LogP contribution in [0.2, 0.25) is 0 Å². The summed E-state index contributed by atoms with van der Waals surface area (Å²) >= 11 is 0.